The number of carbonyl (C=O) groups excluding carboxylic acids is 3. The third-order valence-corrected chi connectivity index (χ3v) is 9.23. The van der Waals surface area contributed by atoms with Crippen LogP contribution in [0.15, 0.2) is 60.7 Å². The van der Waals surface area contributed by atoms with Crippen molar-refractivity contribution in [3.63, 3.8) is 0 Å². The molecule has 2 unspecified atom stereocenters. The predicted octanol–water partition coefficient (Wildman–Crippen LogP) is 3.50. The van der Waals surface area contributed by atoms with Gasteiger partial charge >= 0.3 is 0 Å². The third kappa shape index (κ3) is 4.71. The Hall–Kier alpha value is -3.23. The van der Waals surface area contributed by atoms with Crippen LogP contribution in [0.4, 0.5) is 0 Å². The lowest BCUT2D eigenvalue weighted by Gasteiger charge is -2.37. The number of unbranched alkanes of at least 4 members (excludes halogenated alkanes) is 2. The molecule has 214 valence electrons. The van der Waals surface area contributed by atoms with Gasteiger partial charge in [0.15, 0.2) is 0 Å². The maximum absolute atomic E-state index is 14.5. The highest BCUT2D eigenvalue weighted by molar-refractivity contribution is 5.99. The summed E-state index contributed by atoms with van der Waals surface area (Å²) in [6, 6.07) is 17.3. The van der Waals surface area contributed by atoms with Crippen molar-refractivity contribution < 1.29 is 24.2 Å². The second kappa shape index (κ2) is 11.7. The summed E-state index contributed by atoms with van der Waals surface area (Å²) in [4.78, 5) is 43.8. The lowest BCUT2D eigenvalue weighted by molar-refractivity contribution is -0.151. The number of aliphatic hydroxyl groups is 1. The minimum Gasteiger partial charge on any atom is -0.394 e. The predicted molar refractivity (Wildman–Crippen MR) is 151 cm³/mol. The van der Waals surface area contributed by atoms with Gasteiger partial charge in [-0.1, -0.05) is 87.4 Å². The van der Waals surface area contributed by atoms with Crippen molar-refractivity contribution >= 4 is 17.7 Å². The molecule has 2 bridgehead atoms. The fourth-order valence-electron chi connectivity index (χ4n) is 7.30. The van der Waals surface area contributed by atoms with Crippen molar-refractivity contribution in [3.8, 4) is 0 Å². The van der Waals surface area contributed by atoms with Crippen LogP contribution in [0.1, 0.15) is 69.5 Å². The van der Waals surface area contributed by atoms with E-state index in [1.165, 1.54) is 4.90 Å². The smallest absolute Gasteiger partial charge is 0.245 e. The van der Waals surface area contributed by atoms with Crippen LogP contribution in [0, 0.1) is 11.8 Å². The summed E-state index contributed by atoms with van der Waals surface area (Å²) in [5, 5.41) is 16.7. The highest BCUT2D eigenvalue weighted by Gasteiger charge is 2.79. The number of benzene rings is 2. The highest BCUT2D eigenvalue weighted by Crippen LogP contribution is 2.65. The Bertz CT molecular complexity index is 1210. The summed E-state index contributed by atoms with van der Waals surface area (Å²) in [5.74, 6) is -2.33. The molecule has 0 radical (unpaired) electrons. The molecule has 8 heteroatoms. The third-order valence-electron chi connectivity index (χ3n) is 9.23. The number of carbonyl (C=O) groups is 3. The standard InChI is InChI=1S/C32H41N3O5/c1-3-5-12-19-33-29(38)27-32-18-17-31(4-2,40-32)25(28(37)34-20-22-13-8-6-9-14-22)26(32)30(39)35(27)24(21-36)23-15-10-7-11-16-23/h6-11,13-16,24-27,36H,3-5,12,17-21H2,1-2H3,(H,33,38)(H,34,37)/t24-,25-,26+,27?,31+,32?/m1/s1. The van der Waals surface area contributed by atoms with Gasteiger partial charge in [-0.3, -0.25) is 14.4 Å². The number of nitrogens with one attached hydrogen (secondary N) is 2. The molecular weight excluding hydrogens is 506 g/mol. The molecule has 3 fully saturated rings. The van der Waals surface area contributed by atoms with Gasteiger partial charge in [-0.05, 0) is 36.8 Å². The maximum Gasteiger partial charge on any atom is 0.245 e. The lowest BCUT2D eigenvalue weighted by atomic mass is 9.65. The van der Waals surface area contributed by atoms with Crippen LogP contribution >= 0.6 is 0 Å². The van der Waals surface area contributed by atoms with E-state index in [1.807, 2.05) is 67.6 Å². The van der Waals surface area contributed by atoms with E-state index in [2.05, 4.69) is 17.6 Å². The summed E-state index contributed by atoms with van der Waals surface area (Å²) in [6.45, 7) is 4.59. The molecule has 3 amide bonds. The number of hydrogen-bond donors (Lipinski definition) is 3. The van der Waals surface area contributed by atoms with E-state index in [9.17, 15) is 19.5 Å². The molecule has 3 N–H and O–H groups in total. The van der Waals surface area contributed by atoms with Gasteiger partial charge in [-0.15, -0.1) is 0 Å². The molecule has 3 aliphatic rings. The van der Waals surface area contributed by atoms with Gasteiger partial charge in [0, 0.05) is 13.1 Å². The molecule has 3 saturated heterocycles. The fourth-order valence-corrected chi connectivity index (χ4v) is 7.30. The average Bonchev–Trinajstić information content (AvgIpc) is 3.59. The number of rotatable bonds is 12. The summed E-state index contributed by atoms with van der Waals surface area (Å²) in [6.07, 6.45) is 4.53. The zero-order chi connectivity index (χ0) is 28.3. The summed E-state index contributed by atoms with van der Waals surface area (Å²) in [5.41, 5.74) is -0.231. The Kier molecular flexibility index (Phi) is 8.29. The van der Waals surface area contributed by atoms with Crippen molar-refractivity contribution in [3.05, 3.63) is 71.8 Å². The summed E-state index contributed by atoms with van der Waals surface area (Å²) >= 11 is 0. The van der Waals surface area contributed by atoms with E-state index in [1.54, 1.807) is 0 Å². The van der Waals surface area contributed by atoms with Crippen LogP contribution in [-0.4, -0.2) is 58.1 Å². The molecule has 2 aromatic rings. The first-order valence-electron chi connectivity index (χ1n) is 14.7. The van der Waals surface area contributed by atoms with Crippen LogP contribution in [0.3, 0.4) is 0 Å². The van der Waals surface area contributed by atoms with Gasteiger partial charge in [0.1, 0.15) is 11.6 Å². The summed E-state index contributed by atoms with van der Waals surface area (Å²) in [7, 11) is 0. The Morgan fingerprint density at radius 1 is 1.00 bits per heavy atom. The number of aliphatic hydroxyl groups excluding tert-OH is 1. The minimum atomic E-state index is -1.13. The van der Waals surface area contributed by atoms with E-state index in [4.69, 9.17) is 4.74 Å². The molecule has 3 heterocycles. The number of hydrogen-bond acceptors (Lipinski definition) is 5. The van der Waals surface area contributed by atoms with Crippen LogP contribution in [0.25, 0.3) is 0 Å². The van der Waals surface area contributed by atoms with E-state index in [0.29, 0.717) is 32.4 Å². The molecule has 0 saturated carbocycles. The highest BCUT2D eigenvalue weighted by atomic mass is 16.5. The molecule has 0 aliphatic carbocycles. The number of amides is 3. The zero-order valence-electron chi connectivity index (χ0n) is 23.5. The number of fused-ring (bicyclic) bond motifs is 1. The van der Waals surface area contributed by atoms with E-state index in [0.717, 1.165) is 30.4 Å². The first kappa shape index (κ1) is 28.3. The number of ether oxygens (including phenoxy) is 1. The molecule has 3 aliphatic heterocycles. The second-order valence-electron chi connectivity index (χ2n) is 11.4. The Balaban J connectivity index is 1.51. The van der Waals surface area contributed by atoms with E-state index in [-0.39, 0.29) is 24.3 Å². The van der Waals surface area contributed by atoms with Crippen molar-refractivity contribution in [2.45, 2.75) is 82.2 Å². The van der Waals surface area contributed by atoms with Gasteiger partial charge in [0.25, 0.3) is 0 Å². The van der Waals surface area contributed by atoms with Gasteiger partial charge in [-0.2, -0.15) is 0 Å². The monoisotopic (exact) mass is 547 g/mol. The number of likely N-dealkylation sites (tertiary alicyclic amines) is 1. The quantitative estimate of drug-likeness (QED) is 0.353. The lowest BCUT2D eigenvalue weighted by Crippen LogP contribution is -2.56. The van der Waals surface area contributed by atoms with E-state index >= 15 is 0 Å². The Labute approximate surface area is 236 Å². The van der Waals surface area contributed by atoms with Crippen molar-refractivity contribution in [2.24, 2.45) is 11.8 Å². The van der Waals surface area contributed by atoms with Gasteiger partial charge in [-0.25, -0.2) is 0 Å². The second-order valence-corrected chi connectivity index (χ2v) is 11.4. The van der Waals surface area contributed by atoms with Crippen molar-refractivity contribution in [1.29, 1.82) is 0 Å². The average molecular weight is 548 g/mol. The fraction of sp³-hybridized carbons (Fsp3) is 0.531. The van der Waals surface area contributed by atoms with Gasteiger partial charge in [0.2, 0.25) is 17.7 Å². The van der Waals surface area contributed by atoms with Crippen molar-refractivity contribution in [1.82, 2.24) is 15.5 Å². The molecule has 1 spiro atoms. The molecule has 8 nitrogen and oxygen atoms in total. The maximum atomic E-state index is 14.5. The van der Waals surface area contributed by atoms with Crippen LogP contribution < -0.4 is 10.6 Å². The molecule has 5 rings (SSSR count). The largest absolute Gasteiger partial charge is 0.394 e. The van der Waals surface area contributed by atoms with E-state index < -0.39 is 35.1 Å². The van der Waals surface area contributed by atoms with Crippen molar-refractivity contribution in [2.75, 3.05) is 13.2 Å². The zero-order valence-corrected chi connectivity index (χ0v) is 23.5. The molecule has 2 aromatic carbocycles. The topological polar surface area (TPSA) is 108 Å². The Morgan fingerprint density at radius 3 is 2.35 bits per heavy atom. The van der Waals surface area contributed by atoms with Crippen LogP contribution in [-0.2, 0) is 25.7 Å². The number of nitrogens with zero attached hydrogens (tertiary/aromatic N) is 1. The molecule has 40 heavy (non-hydrogen) atoms. The Morgan fingerprint density at radius 2 is 1.70 bits per heavy atom. The molecule has 6 atom stereocenters. The minimum absolute atomic E-state index is 0.227. The van der Waals surface area contributed by atoms with Gasteiger partial charge in [0.05, 0.1) is 30.1 Å². The SMILES string of the molecule is CCCCCNC(=O)C1N([C@H](CO)c2ccccc2)C(=O)[C@@H]2[C@H](C(=O)NCc3ccccc3)[C@]3(CC)CCC12O3. The van der Waals surface area contributed by atoms with Crippen LogP contribution in [0.2, 0.25) is 0 Å². The molecule has 0 aromatic heterocycles. The molecular formula is C32H41N3O5. The first-order valence-corrected chi connectivity index (χ1v) is 14.7. The summed E-state index contributed by atoms with van der Waals surface area (Å²) < 4.78 is 6.83. The van der Waals surface area contributed by atoms with Gasteiger partial charge < -0.3 is 25.4 Å². The normalized spacial score (nSPS) is 29.3. The van der Waals surface area contributed by atoms with Crippen LogP contribution in [0.5, 0.6) is 0 Å². The first-order chi connectivity index (χ1) is 19.4.